The van der Waals surface area contributed by atoms with Crippen molar-refractivity contribution in [3.8, 4) is 0 Å². The lowest BCUT2D eigenvalue weighted by Gasteiger charge is -2.17. The molecule has 1 rings (SSSR count). The Morgan fingerprint density at radius 1 is 1.50 bits per heavy atom. The number of thioether (sulfide) groups is 1. The Morgan fingerprint density at radius 3 is 3.08 bits per heavy atom. The number of hydrogen-bond acceptors (Lipinski definition) is 2. The molecule has 1 aliphatic rings. The number of hydrogen-bond donors (Lipinski definition) is 1. The molecule has 1 N–H and O–H groups in total. The molecule has 0 spiro atoms. The molecule has 2 heteroatoms. The average molecular weight is 185 g/mol. The summed E-state index contributed by atoms with van der Waals surface area (Å²) in [6.45, 7) is 1.11. The average Bonchev–Trinajstić information content (AvgIpc) is 2.14. The molecule has 1 atom stereocenters. The van der Waals surface area contributed by atoms with E-state index >= 15 is 0 Å². The van der Waals surface area contributed by atoms with Crippen LogP contribution in [0.1, 0.15) is 25.7 Å². The second kappa shape index (κ2) is 6.55. The maximum absolute atomic E-state index is 3.15. The van der Waals surface area contributed by atoms with E-state index in [1.54, 1.807) is 0 Å². The molecule has 0 aliphatic carbocycles. The van der Waals surface area contributed by atoms with Crippen molar-refractivity contribution in [3.63, 3.8) is 0 Å². The highest BCUT2D eigenvalue weighted by Gasteiger charge is 2.09. The van der Waals surface area contributed by atoms with Crippen molar-refractivity contribution in [2.75, 3.05) is 19.3 Å². The molecular weight excluding hydrogens is 166 g/mol. The minimum atomic E-state index is 0.815. The second-order valence-electron chi connectivity index (χ2n) is 3.23. The number of nitrogens with one attached hydrogen (secondary N) is 1. The highest BCUT2D eigenvalue weighted by atomic mass is 32.2. The van der Waals surface area contributed by atoms with Crippen molar-refractivity contribution in [2.24, 2.45) is 0 Å². The fraction of sp³-hybridized carbons (Fsp3) is 0.800. The Morgan fingerprint density at radius 2 is 2.42 bits per heavy atom. The maximum atomic E-state index is 3.15. The van der Waals surface area contributed by atoms with Gasteiger partial charge in [0.15, 0.2) is 0 Å². The molecule has 1 nitrogen and oxygen atoms in total. The fourth-order valence-electron chi connectivity index (χ4n) is 1.39. The summed E-state index contributed by atoms with van der Waals surface area (Å²) >= 11 is 2.11. The van der Waals surface area contributed by atoms with E-state index in [-0.39, 0.29) is 0 Å². The predicted octanol–water partition coefficient (Wildman–Crippen LogP) is 2.44. The van der Waals surface area contributed by atoms with Crippen molar-refractivity contribution in [1.82, 2.24) is 5.32 Å². The molecular formula is C10H19NS. The van der Waals surface area contributed by atoms with Gasteiger partial charge < -0.3 is 5.32 Å². The van der Waals surface area contributed by atoms with Gasteiger partial charge in [0.05, 0.1) is 0 Å². The van der Waals surface area contributed by atoms with Crippen LogP contribution in [0.4, 0.5) is 0 Å². The molecule has 70 valence electrons. The van der Waals surface area contributed by atoms with Crippen LogP contribution in [0.5, 0.6) is 0 Å². The summed E-state index contributed by atoms with van der Waals surface area (Å²) < 4.78 is 0. The van der Waals surface area contributed by atoms with Crippen LogP contribution in [0.2, 0.25) is 0 Å². The van der Waals surface area contributed by atoms with Crippen LogP contribution in [0.25, 0.3) is 0 Å². The molecule has 1 heterocycles. The van der Waals surface area contributed by atoms with E-state index in [2.05, 4.69) is 29.2 Å². The zero-order chi connectivity index (χ0) is 8.65. The van der Waals surface area contributed by atoms with Crippen LogP contribution in [0.15, 0.2) is 12.2 Å². The van der Waals surface area contributed by atoms with Crippen LogP contribution in [-0.2, 0) is 0 Å². The van der Waals surface area contributed by atoms with Crippen LogP contribution >= 0.6 is 11.8 Å². The molecule has 1 saturated heterocycles. The normalized spacial score (nSPS) is 24.9. The van der Waals surface area contributed by atoms with E-state index in [1.807, 2.05) is 7.05 Å². The van der Waals surface area contributed by atoms with Crippen LogP contribution in [0, 0.1) is 0 Å². The molecule has 0 aromatic carbocycles. The first kappa shape index (κ1) is 10.1. The van der Waals surface area contributed by atoms with Crippen molar-refractivity contribution in [2.45, 2.75) is 30.9 Å². The molecule has 0 amide bonds. The van der Waals surface area contributed by atoms with Gasteiger partial charge in [-0.1, -0.05) is 18.6 Å². The Bertz CT molecular complexity index is 128. The lowest BCUT2D eigenvalue weighted by Crippen LogP contribution is -2.08. The fourth-order valence-corrected chi connectivity index (χ4v) is 2.62. The summed E-state index contributed by atoms with van der Waals surface area (Å²) in [6, 6.07) is 0. The molecule has 1 aliphatic heterocycles. The summed E-state index contributed by atoms with van der Waals surface area (Å²) in [6.07, 6.45) is 10.1. The lowest BCUT2D eigenvalue weighted by atomic mass is 10.2. The third kappa shape index (κ3) is 4.17. The first-order valence-corrected chi connectivity index (χ1v) is 5.91. The van der Waals surface area contributed by atoms with Gasteiger partial charge in [0, 0.05) is 5.25 Å². The third-order valence-electron chi connectivity index (χ3n) is 2.13. The van der Waals surface area contributed by atoms with Gasteiger partial charge in [-0.15, -0.1) is 0 Å². The first-order chi connectivity index (χ1) is 5.93. The molecule has 0 aromatic heterocycles. The van der Waals surface area contributed by atoms with E-state index < -0.39 is 0 Å². The molecule has 0 saturated carbocycles. The smallest absolute Gasteiger partial charge is 0.0227 e. The van der Waals surface area contributed by atoms with Gasteiger partial charge in [0.25, 0.3) is 0 Å². The molecule has 0 aromatic rings. The minimum Gasteiger partial charge on any atom is -0.319 e. The molecule has 12 heavy (non-hydrogen) atoms. The summed E-state index contributed by atoms with van der Waals surface area (Å²) in [5, 5.41) is 3.96. The van der Waals surface area contributed by atoms with Crippen molar-refractivity contribution in [1.29, 1.82) is 0 Å². The zero-order valence-corrected chi connectivity index (χ0v) is 8.70. The first-order valence-electron chi connectivity index (χ1n) is 4.86. The van der Waals surface area contributed by atoms with Crippen LogP contribution in [0.3, 0.4) is 0 Å². The summed E-state index contributed by atoms with van der Waals surface area (Å²) in [5.74, 6) is 1.36. The lowest BCUT2D eigenvalue weighted by molar-refractivity contribution is 0.717. The van der Waals surface area contributed by atoms with Gasteiger partial charge in [0.2, 0.25) is 0 Å². The summed E-state index contributed by atoms with van der Waals surface area (Å²) in [5.41, 5.74) is 0. The monoisotopic (exact) mass is 185 g/mol. The Kier molecular flexibility index (Phi) is 5.53. The highest BCUT2D eigenvalue weighted by molar-refractivity contribution is 8.00. The van der Waals surface area contributed by atoms with Crippen molar-refractivity contribution in [3.05, 3.63) is 12.2 Å². The second-order valence-corrected chi connectivity index (χ2v) is 4.57. The molecule has 0 radical (unpaired) electrons. The zero-order valence-electron chi connectivity index (χ0n) is 7.88. The largest absolute Gasteiger partial charge is 0.319 e. The Labute approximate surface area is 80.0 Å². The van der Waals surface area contributed by atoms with Gasteiger partial charge in [-0.2, -0.15) is 11.8 Å². The highest BCUT2D eigenvalue weighted by Crippen LogP contribution is 2.25. The van der Waals surface area contributed by atoms with E-state index in [0.717, 1.165) is 11.8 Å². The molecule has 1 unspecified atom stereocenters. The predicted molar refractivity (Wildman–Crippen MR) is 57.8 cm³/mol. The van der Waals surface area contributed by atoms with Crippen molar-refractivity contribution < 1.29 is 0 Å². The van der Waals surface area contributed by atoms with E-state index in [9.17, 15) is 0 Å². The van der Waals surface area contributed by atoms with Crippen LogP contribution in [-0.4, -0.2) is 24.6 Å². The van der Waals surface area contributed by atoms with E-state index in [1.165, 1.54) is 31.4 Å². The topological polar surface area (TPSA) is 12.0 Å². The number of rotatable bonds is 4. The molecule has 0 bridgehead atoms. The van der Waals surface area contributed by atoms with Gasteiger partial charge in [-0.05, 0) is 38.6 Å². The maximum Gasteiger partial charge on any atom is 0.0227 e. The summed E-state index contributed by atoms with van der Waals surface area (Å²) in [7, 11) is 2.00. The molecule has 1 fully saturated rings. The third-order valence-corrected chi connectivity index (χ3v) is 3.47. The van der Waals surface area contributed by atoms with E-state index in [0.29, 0.717) is 0 Å². The standard InChI is InChI=1S/C10H19NS/c1-11-8-4-2-6-10-7-3-5-9-12-10/h2,6,10-11H,3-5,7-9H2,1H3/b6-2-. The minimum absolute atomic E-state index is 0.815. The van der Waals surface area contributed by atoms with Gasteiger partial charge in [-0.25, -0.2) is 0 Å². The van der Waals surface area contributed by atoms with Crippen molar-refractivity contribution >= 4 is 11.8 Å². The van der Waals surface area contributed by atoms with Crippen LogP contribution < -0.4 is 5.32 Å². The van der Waals surface area contributed by atoms with Gasteiger partial charge in [0.1, 0.15) is 0 Å². The Hall–Kier alpha value is 0.0500. The quantitative estimate of drug-likeness (QED) is 0.533. The SMILES string of the molecule is CNCC/C=C\C1CCCCS1. The Balaban J connectivity index is 2.07. The van der Waals surface area contributed by atoms with E-state index in [4.69, 9.17) is 0 Å². The van der Waals surface area contributed by atoms with Gasteiger partial charge >= 0.3 is 0 Å². The van der Waals surface area contributed by atoms with Gasteiger partial charge in [-0.3, -0.25) is 0 Å². The summed E-state index contributed by atoms with van der Waals surface area (Å²) in [4.78, 5) is 0.